The van der Waals surface area contributed by atoms with Gasteiger partial charge < -0.3 is 10.1 Å². The van der Waals surface area contributed by atoms with Crippen LogP contribution in [-0.4, -0.2) is 18.0 Å². The van der Waals surface area contributed by atoms with Crippen LogP contribution in [-0.2, 0) is 6.54 Å². The van der Waals surface area contributed by atoms with Gasteiger partial charge in [-0.1, -0.05) is 6.07 Å². The molecular formula is C15H13N3O2. The van der Waals surface area contributed by atoms with Crippen LogP contribution in [0, 0.1) is 11.3 Å². The summed E-state index contributed by atoms with van der Waals surface area (Å²) in [7, 11) is 1.54. The summed E-state index contributed by atoms with van der Waals surface area (Å²) >= 11 is 0. The predicted octanol–water partition coefficient (Wildman–Crippen LogP) is 1.89. The van der Waals surface area contributed by atoms with Gasteiger partial charge in [-0.3, -0.25) is 4.79 Å². The highest BCUT2D eigenvalue weighted by Gasteiger charge is 2.08. The summed E-state index contributed by atoms with van der Waals surface area (Å²) in [5, 5.41) is 11.5. The average molecular weight is 267 g/mol. The first-order valence-corrected chi connectivity index (χ1v) is 6.01. The Kier molecular flexibility index (Phi) is 4.30. The first-order chi connectivity index (χ1) is 9.74. The Bertz CT molecular complexity index is 645. The number of aromatic nitrogens is 1. The van der Waals surface area contributed by atoms with Crippen LogP contribution in [0.4, 0.5) is 0 Å². The number of hydrogen-bond donors (Lipinski definition) is 1. The molecule has 0 bridgehead atoms. The molecule has 0 unspecified atom stereocenters. The Morgan fingerprint density at radius 1 is 1.35 bits per heavy atom. The van der Waals surface area contributed by atoms with Crippen molar-refractivity contribution in [3.8, 4) is 11.9 Å². The highest BCUT2D eigenvalue weighted by atomic mass is 16.5. The minimum atomic E-state index is -0.208. The maximum absolute atomic E-state index is 12.0. The number of carbonyl (C=O) groups is 1. The monoisotopic (exact) mass is 267 g/mol. The Balaban J connectivity index is 2.03. The van der Waals surface area contributed by atoms with E-state index in [9.17, 15) is 4.79 Å². The molecule has 0 saturated carbocycles. The Morgan fingerprint density at radius 3 is 2.75 bits per heavy atom. The van der Waals surface area contributed by atoms with Gasteiger partial charge in [-0.15, -0.1) is 0 Å². The van der Waals surface area contributed by atoms with Gasteiger partial charge in [0.05, 0.1) is 18.7 Å². The average Bonchev–Trinajstić information content (AvgIpc) is 2.53. The van der Waals surface area contributed by atoms with Crippen LogP contribution in [0.25, 0.3) is 0 Å². The summed E-state index contributed by atoms with van der Waals surface area (Å²) in [4.78, 5) is 16.0. The second-order valence-corrected chi connectivity index (χ2v) is 4.04. The van der Waals surface area contributed by atoms with E-state index in [4.69, 9.17) is 10.00 Å². The Hall–Kier alpha value is -2.87. The van der Waals surface area contributed by atoms with E-state index in [1.165, 1.54) is 7.11 Å². The van der Waals surface area contributed by atoms with Crippen LogP contribution in [0.5, 0.6) is 5.88 Å². The predicted molar refractivity (Wildman–Crippen MR) is 73.1 cm³/mol. The maximum Gasteiger partial charge on any atom is 0.251 e. The standard InChI is InChI=1S/C15H13N3O2/c1-20-15-13(3-2-8-17-15)10-18-14(19)12-6-4-11(9-16)5-7-12/h2-8H,10H2,1H3,(H,18,19). The smallest absolute Gasteiger partial charge is 0.251 e. The molecule has 0 aliphatic rings. The van der Waals surface area contributed by atoms with Crippen molar-refractivity contribution in [2.45, 2.75) is 6.54 Å². The summed E-state index contributed by atoms with van der Waals surface area (Å²) in [6, 6.07) is 12.1. The molecule has 0 fully saturated rings. The summed E-state index contributed by atoms with van der Waals surface area (Å²) < 4.78 is 5.12. The molecule has 0 aliphatic heterocycles. The first kappa shape index (κ1) is 13.6. The highest BCUT2D eigenvalue weighted by molar-refractivity contribution is 5.94. The van der Waals surface area contributed by atoms with Gasteiger partial charge in [0.25, 0.3) is 5.91 Å². The van der Waals surface area contributed by atoms with Crippen LogP contribution >= 0.6 is 0 Å². The van der Waals surface area contributed by atoms with Crippen molar-refractivity contribution in [1.82, 2.24) is 10.3 Å². The molecule has 0 atom stereocenters. The third kappa shape index (κ3) is 3.12. The van der Waals surface area contributed by atoms with E-state index >= 15 is 0 Å². The van der Waals surface area contributed by atoms with Crippen molar-refractivity contribution in [3.63, 3.8) is 0 Å². The van der Waals surface area contributed by atoms with Crippen LogP contribution in [0.15, 0.2) is 42.6 Å². The molecule has 2 rings (SSSR count). The molecule has 1 N–H and O–H groups in total. The molecule has 0 aliphatic carbocycles. The number of ether oxygens (including phenoxy) is 1. The van der Waals surface area contributed by atoms with E-state index < -0.39 is 0 Å². The van der Waals surface area contributed by atoms with Crippen molar-refractivity contribution >= 4 is 5.91 Å². The number of nitriles is 1. The number of hydrogen-bond acceptors (Lipinski definition) is 4. The molecular weight excluding hydrogens is 254 g/mol. The largest absolute Gasteiger partial charge is 0.481 e. The third-order valence-electron chi connectivity index (χ3n) is 2.76. The fraction of sp³-hybridized carbons (Fsp3) is 0.133. The van der Waals surface area contributed by atoms with Gasteiger partial charge in [-0.05, 0) is 30.3 Å². The molecule has 0 spiro atoms. The first-order valence-electron chi connectivity index (χ1n) is 6.01. The second kappa shape index (κ2) is 6.34. The van der Waals surface area contributed by atoms with Gasteiger partial charge in [0.1, 0.15) is 0 Å². The lowest BCUT2D eigenvalue weighted by Crippen LogP contribution is -2.23. The number of methoxy groups -OCH3 is 1. The molecule has 1 aromatic carbocycles. The molecule has 100 valence electrons. The molecule has 0 saturated heterocycles. The number of benzene rings is 1. The van der Waals surface area contributed by atoms with Gasteiger partial charge >= 0.3 is 0 Å². The van der Waals surface area contributed by atoms with E-state index in [-0.39, 0.29) is 5.91 Å². The van der Waals surface area contributed by atoms with Crippen molar-refractivity contribution in [2.75, 3.05) is 7.11 Å². The van der Waals surface area contributed by atoms with E-state index in [0.29, 0.717) is 23.6 Å². The van der Waals surface area contributed by atoms with Crippen LogP contribution in [0.2, 0.25) is 0 Å². The maximum atomic E-state index is 12.0. The zero-order chi connectivity index (χ0) is 14.4. The van der Waals surface area contributed by atoms with Crippen LogP contribution < -0.4 is 10.1 Å². The van der Waals surface area contributed by atoms with E-state index in [1.807, 2.05) is 12.1 Å². The molecule has 5 nitrogen and oxygen atoms in total. The zero-order valence-corrected chi connectivity index (χ0v) is 11.0. The quantitative estimate of drug-likeness (QED) is 0.917. The fourth-order valence-electron chi connectivity index (χ4n) is 1.72. The normalized spacial score (nSPS) is 9.60. The van der Waals surface area contributed by atoms with Gasteiger partial charge in [-0.2, -0.15) is 5.26 Å². The number of nitrogens with zero attached hydrogens (tertiary/aromatic N) is 2. The minimum Gasteiger partial charge on any atom is -0.481 e. The lowest BCUT2D eigenvalue weighted by Gasteiger charge is -2.08. The minimum absolute atomic E-state index is 0.208. The number of rotatable bonds is 4. The molecule has 1 amide bonds. The van der Waals surface area contributed by atoms with E-state index in [2.05, 4.69) is 10.3 Å². The van der Waals surface area contributed by atoms with Crippen LogP contribution in [0.3, 0.4) is 0 Å². The van der Waals surface area contributed by atoms with Crippen molar-refractivity contribution in [1.29, 1.82) is 5.26 Å². The van der Waals surface area contributed by atoms with Crippen molar-refractivity contribution in [2.24, 2.45) is 0 Å². The molecule has 1 heterocycles. The SMILES string of the molecule is COc1ncccc1CNC(=O)c1ccc(C#N)cc1. The summed E-state index contributed by atoms with van der Waals surface area (Å²) in [6.07, 6.45) is 1.63. The highest BCUT2D eigenvalue weighted by Crippen LogP contribution is 2.13. The number of amides is 1. The topological polar surface area (TPSA) is 75.0 Å². The Labute approximate surface area is 116 Å². The summed E-state index contributed by atoms with van der Waals surface area (Å²) in [5.41, 5.74) is 1.83. The molecule has 1 aromatic heterocycles. The summed E-state index contributed by atoms with van der Waals surface area (Å²) in [5.74, 6) is 0.285. The fourth-order valence-corrected chi connectivity index (χ4v) is 1.72. The van der Waals surface area contributed by atoms with Gasteiger partial charge in [0.2, 0.25) is 5.88 Å². The van der Waals surface area contributed by atoms with E-state index in [1.54, 1.807) is 36.5 Å². The van der Waals surface area contributed by atoms with Crippen molar-refractivity contribution < 1.29 is 9.53 Å². The van der Waals surface area contributed by atoms with Crippen LogP contribution in [0.1, 0.15) is 21.5 Å². The molecule has 20 heavy (non-hydrogen) atoms. The second-order valence-electron chi connectivity index (χ2n) is 4.04. The van der Waals surface area contributed by atoms with E-state index in [0.717, 1.165) is 5.56 Å². The molecule has 2 aromatic rings. The zero-order valence-electron chi connectivity index (χ0n) is 11.0. The van der Waals surface area contributed by atoms with Gasteiger partial charge in [-0.25, -0.2) is 4.98 Å². The van der Waals surface area contributed by atoms with Crippen molar-refractivity contribution in [3.05, 3.63) is 59.3 Å². The molecule has 0 radical (unpaired) electrons. The lowest BCUT2D eigenvalue weighted by atomic mass is 10.1. The Morgan fingerprint density at radius 2 is 2.10 bits per heavy atom. The van der Waals surface area contributed by atoms with Gasteiger partial charge in [0.15, 0.2) is 0 Å². The third-order valence-corrected chi connectivity index (χ3v) is 2.76. The number of pyridine rings is 1. The van der Waals surface area contributed by atoms with Gasteiger partial charge in [0, 0.05) is 23.9 Å². The number of nitrogens with one attached hydrogen (secondary N) is 1. The summed E-state index contributed by atoms with van der Waals surface area (Å²) in [6.45, 7) is 0.329. The molecule has 5 heteroatoms. The lowest BCUT2D eigenvalue weighted by molar-refractivity contribution is 0.0950. The number of carbonyl (C=O) groups excluding carboxylic acids is 1.